The number of benzene rings is 1. The number of hydrogen-bond acceptors (Lipinski definition) is 1. The maximum absolute atomic E-state index is 5.93. The van der Waals surface area contributed by atoms with Crippen LogP contribution in [0.5, 0.6) is 0 Å². The van der Waals surface area contributed by atoms with Crippen LogP contribution in [0, 0.1) is 3.57 Å². The monoisotopic (exact) mass is 309 g/mol. The van der Waals surface area contributed by atoms with Gasteiger partial charge in [-0.1, -0.05) is 24.3 Å². The molecule has 0 aliphatic carbocycles. The third-order valence-corrected chi connectivity index (χ3v) is 2.71. The van der Waals surface area contributed by atoms with E-state index >= 15 is 0 Å². The molecule has 0 saturated carbocycles. The zero-order valence-corrected chi connectivity index (χ0v) is 10.2. The van der Waals surface area contributed by atoms with Crippen LogP contribution in [0.3, 0.4) is 0 Å². The van der Waals surface area contributed by atoms with E-state index in [-0.39, 0.29) is 18.4 Å². The Morgan fingerprint density at radius 2 is 2.08 bits per heavy atom. The summed E-state index contributed by atoms with van der Waals surface area (Å²) in [6, 6.07) is 8.26. The number of rotatable bonds is 3. The molecule has 0 radical (unpaired) electrons. The van der Waals surface area contributed by atoms with Gasteiger partial charge in [0.15, 0.2) is 0 Å². The molecule has 0 heterocycles. The lowest BCUT2D eigenvalue weighted by atomic mass is 10.1. The molecule has 0 aliphatic rings. The summed E-state index contributed by atoms with van der Waals surface area (Å²) in [7, 11) is 0. The zero-order valence-electron chi connectivity index (χ0n) is 7.24. The Kier molecular flexibility index (Phi) is 6.37. The predicted molar refractivity (Wildman–Crippen MR) is 68.1 cm³/mol. The van der Waals surface area contributed by atoms with Crippen molar-refractivity contribution in [1.29, 1.82) is 0 Å². The van der Waals surface area contributed by atoms with Crippen molar-refractivity contribution in [2.75, 3.05) is 0 Å². The second-order valence-electron chi connectivity index (χ2n) is 2.65. The minimum absolute atomic E-state index is 0. The van der Waals surface area contributed by atoms with E-state index in [0.29, 0.717) is 0 Å². The van der Waals surface area contributed by atoms with Crippen molar-refractivity contribution in [3.05, 3.63) is 46.1 Å². The summed E-state index contributed by atoms with van der Waals surface area (Å²) in [4.78, 5) is 0. The molecule has 3 heteroatoms. The predicted octanol–water partition coefficient (Wildman–Crippen LogP) is 3.29. The standard InChI is InChI=1S/C10H12IN.ClH/c1-2-5-10(12)8-6-3-4-7-9(8)11;/h2-4,6-7,10H,1,5,12H2;1H/t10-;/m0./s1. The summed E-state index contributed by atoms with van der Waals surface area (Å²) in [5.41, 5.74) is 7.14. The van der Waals surface area contributed by atoms with Crippen molar-refractivity contribution in [2.45, 2.75) is 12.5 Å². The van der Waals surface area contributed by atoms with Crippen LogP contribution in [0.4, 0.5) is 0 Å². The molecular weight excluding hydrogens is 296 g/mol. The van der Waals surface area contributed by atoms with Crippen LogP contribution in [-0.2, 0) is 0 Å². The van der Waals surface area contributed by atoms with E-state index in [1.165, 1.54) is 9.13 Å². The number of hydrogen-bond donors (Lipinski definition) is 1. The van der Waals surface area contributed by atoms with Crippen LogP contribution < -0.4 is 5.73 Å². The average molecular weight is 310 g/mol. The summed E-state index contributed by atoms with van der Waals surface area (Å²) < 4.78 is 1.23. The lowest BCUT2D eigenvalue weighted by Crippen LogP contribution is -2.10. The Balaban J connectivity index is 0.00000144. The van der Waals surface area contributed by atoms with Crippen LogP contribution in [0.25, 0.3) is 0 Å². The van der Waals surface area contributed by atoms with E-state index in [9.17, 15) is 0 Å². The Morgan fingerprint density at radius 1 is 1.46 bits per heavy atom. The first-order valence-corrected chi connectivity index (χ1v) is 4.94. The van der Waals surface area contributed by atoms with Gasteiger partial charge in [0.2, 0.25) is 0 Å². The molecule has 1 aromatic carbocycles. The smallest absolute Gasteiger partial charge is 0.0340 e. The Bertz CT molecular complexity index is 275. The average Bonchev–Trinajstić information content (AvgIpc) is 2.05. The van der Waals surface area contributed by atoms with Gasteiger partial charge in [0.1, 0.15) is 0 Å². The highest BCUT2D eigenvalue weighted by atomic mass is 127. The van der Waals surface area contributed by atoms with Crippen molar-refractivity contribution in [1.82, 2.24) is 0 Å². The molecule has 1 atom stereocenters. The lowest BCUT2D eigenvalue weighted by molar-refractivity contribution is 0.737. The maximum Gasteiger partial charge on any atom is 0.0340 e. The maximum atomic E-state index is 5.93. The normalized spacial score (nSPS) is 11.5. The van der Waals surface area contributed by atoms with Gasteiger partial charge in [-0.3, -0.25) is 0 Å². The summed E-state index contributed by atoms with van der Waals surface area (Å²) >= 11 is 2.30. The minimum atomic E-state index is 0. The van der Waals surface area contributed by atoms with E-state index in [2.05, 4.69) is 41.3 Å². The highest BCUT2D eigenvalue weighted by Gasteiger charge is 2.05. The van der Waals surface area contributed by atoms with Crippen molar-refractivity contribution < 1.29 is 0 Å². The lowest BCUT2D eigenvalue weighted by Gasteiger charge is -2.10. The van der Waals surface area contributed by atoms with Gasteiger partial charge in [-0.2, -0.15) is 0 Å². The van der Waals surface area contributed by atoms with Gasteiger partial charge in [0.25, 0.3) is 0 Å². The van der Waals surface area contributed by atoms with Crippen LogP contribution in [0.1, 0.15) is 18.0 Å². The SMILES string of the molecule is C=CC[C@H](N)c1ccccc1I.Cl. The molecule has 1 aromatic rings. The van der Waals surface area contributed by atoms with Crippen LogP contribution in [0.15, 0.2) is 36.9 Å². The van der Waals surface area contributed by atoms with Gasteiger partial charge < -0.3 is 5.73 Å². The van der Waals surface area contributed by atoms with Crippen molar-refractivity contribution in [3.63, 3.8) is 0 Å². The highest BCUT2D eigenvalue weighted by Crippen LogP contribution is 2.20. The quantitative estimate of drug-likeness (QED) is 0.673. The molecule has 13 heavy (non-hydrogen) atoms. The molecule has 1 nitrogen and oxygen atoms in total. The van der Waals surface area contributed by atoms with Crippen LogP contribution in [-0.4, -0.2) is 0 Å². The first-order chi connectivity index (χ1) is 5.75. The second-order valence-corrected chi connectivity index (χ2v) is 3.81. The molecule has 1 rings (SSSR count). The van der Waals surface area contributed by atoms with E-state index in [1.54, 1.807) is 0 Å². The van der Waals surface area contributed by atoms with Gasteiger partial charge in [-0.05, 0) is 40.6 Å². The molecule has 0 spiro atoms. The van der Waals surface area contributed by atoms with E-state index in [1.807, 2.05) is 18.2 Å². The summed E-state index contributed by atoms with van der Waals surface area (Å²) in [5.74, 6) is 0. The Labute approximate surface area is 99.0 Å². The molecule has 0 saturated heterocycles. The van der Waals surface area contributed by atoms with Crippen molar-refractivity contribution in [2.24, 2.45) is 5.73 Å². The largest absolute Gasteiger partial charge is 0.324 e. The first-order valence-electron chi connectivity index (χ1n) is 3.86. The van der Waals surface area contributed by atoms with Gasteiger partial charge in [-0.25, -0.2) is 0 Å². The van der Waals surface area contributed by atoms with Gasteiger partial charge in [0.05, 0.1) is 0 Å². The fourth-order valence-electron chi connectivity index (χ4n) is 1.08. The van der Waals surface area contributed by atoms with E-state index < -0.39 is 0 Å². The third kappa shape index (κ3) is 3.67. The Morgan fingerprint density at radius 3 is 2.62 bits per heavy atom. The van der Waals surface area contributed by atoms with E-state index in [4.69, 9.17) is 5.73 Å². The van der Waals surface area contributed by atoms with Crippen LogP contribution >= 0.6 is 35.0 Å². The van der Waals surface area contributed by atoms with Crippen LogP contribution in [0.2, 0.25) is 0 Å². The minimum Gasteiger partial charge on any atom is -0.324 e. The fraction of sp³-hybridized carbons (Fsp3) is 0.200. The molecule has 0 amide bonds. The summed E-state index contributed by atoms with van der Waals surface area (Å²) in [6.45, 7) is 3.67. The molecule has 0 fully saturated rings. The molecule has 0 aliphatic heterocycles. The molecule has 0 aromatic heterocycles. The first kappa shape index (κ1) is 12.9. The topological polar surface area (TPSA) is 26.0 Å². The van der Waals surface area contributed by atoms with Crippen molar-refractivity contribution >= 4 is 35.0 Å². The zero-order chi connectivity index (χ0) is 8.97. The Hall–Kier alpha value is -0.0600. The number of halogens is 2. The highest BCUT2D eigenvalue weighted by molar-refractivity contribution is 14.1. The molecular formula is C10H13ClIN. The summed E-state index contributed by atoms with van der Waals surface area (Å²) in [5, 5.41) is 0. The van der Waals surface area contributed by atoms with Crippen molar-refractivity contribution in [3.8, 4) is 0 Å². The number of nitrogens with two attached hydrogens (primary N) is 1. The van der Waals surface area contributed by atoms with E-state index in [0.717, 1.165) is 6.42 Å². The van der Waals surface area contributed by atoms with Gasteiger partial charge in [0, 0.05) is 9.61 Å². The molecule has 0 bridgehead atoms. The molecule has 2 N–H and O–H groups in total. The third-order valence-electron chi connectivity index (χ3n) is 1.73. The molecule has 0 unspecified atom stereocenters. The van der Waals surface area contributed by atoms with Gasteiger partial charge in [-0.15, -0.1) is 19.0 Å². The molecule has 72 valence electrons. The fourth-order valence-corrected chi connectivity index (χ4v) is 1.87. The summed E-state index contributed by atoms with van der Waals surface area (Å²) in [6.07, 6.45) is 2.69. The van der Waals surface area contributed by atoms with Gasteiger partial charge >= 0.3 is 0 Å². The second kappa shape index (κ2) is 6.40.